The molecule has 2 saturated heterocycles. The van der Waals surface area contributed by atoms with Gasteiger partial charge in [-0.15, -0.1) is 0 Å². The van der Waals surface area contributed by atoms with E-state index in [2.05, 4.69) is 29.2 Å². The van der Waals surface area contributed by atoms with E-state index < -0.39 is 0 Å². The molecule has 2 aromatic rings. The standard InChI is InChI=1S/C22H27N3OS/c23-20-16-25(15-19(20)17-7-3-1-4-8-17)22(26)21(18-9-5-2-6-10-18)24-11-13-27-14-12-24/h1-10,19-21H,11-16,23H2/t19-,20+,21?/m0/s1. The van der Waals surface area contributed by atoms with E-state index in [9.17, 15) is 4.79 Å². The summed E-state index contributed by atoms with van der Waals surface area (Å²) in [6.45, 7) is 3.25. The number of nitrogens with zero attached hydrogens (tertiary/aromatic N) is 2. The van der Waals surface area contributed by atoms with E-state index in [4.69, 9.17) is 5.73 Å². The van der Waals surface area contributed by atoms with Gasteiger partial charge in [0.15, 0.2) is 0 Å². The van der Waals surface area contributed by atoms with Crippen molar-refractivity contribution in [3.8, 4) is 0 Å². The molecule has 27 heavy (non-hydrogen) atoms. The number of rotatable bonds is 4. The largest absolute Gasteiger partial charge is 0.339 e. The molecule has 1 amide bonds. The number of benzene rings is 2. The average Bonchev–Trinajstić information content (AvgIpc) is 3.12. The van der Waals surface area contributed by atoms with Crippen molar-refractivity contribution >= 4 is 17.7 Å². The van der Waals surface area contributed by atoms with E-state index >= 15 is 0 Å². The molecule has 0 radical (unpaired) electrons. The zero-order chi connectivity index (χ0) is 18.6. The van der Waals surface area contributed by atoms with Crippen LogP contribution in [-0.4, -0.2) is 59.4 Å². The maximum absolute atomic E-state index is 13.6. The molecule has 0 aromatic heterocycles. The Bertz CT molecular complexity index is 749. The summed E-state index contributed by atoms with van der Waals surface area (Å²) < 4.78 is 0. The third-order valence-corrected chi connectivity index (χ3v) is 6.61. The number of carbonyl (C=O) groups excluding carboxylic acids is 1. The van der Waals surface area contributed by atoms with Gasteiger partial charge in [0.05, 0.1) is 0 Å². The van der Waals surface area contributed by atoms with Crippen LogP contribution in [0.25, 0.3) is 0 Å². The number of hydrogen-bond donors (Lipinski definition) is 1. The number of carbonyl (C=O) groups is 1. The lowest BCUT2D eigenvalue weighted by atomic mass is 9.95. The fraction of sp³-hybridized carbons (Fsp3) is 0.409. The average molecular weight is 382 g/mol. The number of nitrogens with two attached hydrogens (primary N) is 1. The molecule has 2 aliphatic heterocycles. The molecule has 2 aromatic carbocycles. The molecule has 0 saturated carbocycles. The summed E-state index contributed by atoms with van der Waals surface area (Å²) in [6, 6.07) is 20.4. The minimum absolute atomic E-state index is 0.00955. The van der Waals surface area contributed by atoms with Crippen LogP contribution >= 0.6 is 11.8 Å². The fourth-order valence-electron chi connectivity index (χ4n) is 4.22. The summed E-state index contributed by atoms with van der Waals surface area (Å²) in [5.41, 5.74) is 8.76. The first-order valence-corrected chi connectivity index (χ1v) is 10.9. The van der Waals surface area contributed by atoms with Crippen LogP contribution in [-0.2, 0) is 4.79 Å². The number of amides is 1. The van der Waals surface area contributed by atoms with Crippen molar-refractivity contribution in [3.05, 3.63) is 71.8 Å². The van der Waals surface area contributed by atoms with Crippen LogP contribution in [0.5, 0.6) is 0 Å². The molecule has 142 valence electrons. The first kappa shape index (κ1) is 18.5. The lowest BCUT2D eigenvalue weighted by molar-refractivity contribution is -0.136. The Morgan fingerprint density at radius 3 is 2.26 bits per heavy atom. The number of thioether (sulfide) groups is 1. The summed E-state index contributed by atoms with van der Waals surface area (Å²) >= 11 is 1.97. The molecule has 5 heteroatoms. The van der Waals surface area contributed by atoms with Gasteiger partial charge in [0, 0.05) is 49.6 Å². The third-order valence-electron chi connectivity index (χ3n) is 5.66. The summed E-state index contributed by atoms with van der Waals surface area (Å²) in [5.74, 6) is 2.58. The molecule has 4 nitrogen and oxygen atoms in total. The number of hydrogen-bond acceptors (Lipinski definition) is 4. The normalized spacial score (nSPS) is 24.7. The predicted molar refractivity (Wildman–Crippen MR) is 112 cm³/mol. The lowest BCUT2D eigenvalue weighted by Crippen LogP contribution is -2.45. The van der Waals surface area contributed by atoms with Crippen molar-refractivity contribution in [1.82, 2.24) is 9.80 Å². The Labute approximate surface area is 165 Å². The van der Waals surface area contributed by atoms with Gasteiger partial charge in [-0.25, -0.2) is 0 Å². The molecule has 2 N–H and O–H groups in total. The molecular weight excluding hydrogens is 354 g/mol. The van der Waals surface area contributed by atoms with Crippen LogP contribution in [0.3, 0.4) is 0 Å². The topological polar surface area (TPSA) is 49.6 Å². The minimum Gasteiger partial charge on any atom is -0.339 e. The smallest absolute Gasteiger partial charge is 0.244 e. The van der Waals surface area contributed by atoms with Gasteiger partial charge in [0.25, 0.3) is 0 Å². The quantitative estimate of drug-likeness (QED) is 0.885. The molecule has 0 bridgehead atoms. The molecule has 2 fully saturated rings. The van der Waals surface area contributed by atoms with Crippen molar-refractivity contribution in [2.24, 2.45) is 5.73 Å². The first-order chi connectivity index (χ1) is 13.2. The van der Waals surface area contributed by atoms with E-state index in [1.807, 2.05) is 53.1 Å². The van der Waals surface area contributed by atoms with Crippen LogP contribution < -0.4 is 5.73 Å². The van der Waals surface area contributed by atoms with Crippen LogP contribution in [0.4, 0.5) is 0 Å². The Kier molecular flexibility index (Phi) is 5.81. The second-order valence-electron chi connectivity index (χ2n) is 7.39. The Balaban J connectivity index is 1.56. The molecule has 0 spiro atoms. The van der Waals surface area contributed by atoms with Gasteiger partial charge in [-0.2, -0.15) is 11.8 Å². The van der Waals surface area contributed by atoms with E-state index in [-0.39, 0.29) is 23.9 Å². The summed E-state index contributed by atoms with van der Waals surface area (Å²) in [6.07, 6.45) is 0. The second kappa shape index (κ2) is 8.46. The van der Waals surface area contributed by atoms with Crippen molar-refractivity contribution in [2.45, 2.75) is 18.0 Å². The number of likely N-dealkylation sites (tertiary alicyclic amines) is 1. The SMILES string of the molecule is N[C@@H]1CN(C(=O)C(c2ccccc2)N2CCSCC2)C[C@H]1c1ccccc1. The zero-order valence-electron chi connectivity index (χ0n) is 15.5. The molecule has 0 aliphatic carbocycles. The van der Waals surface area contributed by atoms with Gasteiger partial charge in [-0.1, -0.05) is 60.7 Å². The first-order valence-electron chi connectivity index (χ1n) is 9.70. The maximum Gasteiger partial charge on any atom is 0.244 e. The summed E-state index contributed by atoms with van der Waals surface area (Å²) in [5, 5.41) is 0. The fourth-order valence-corrected chi connectivity index (χ4v) is 5.15. The summed E-state index contributed by atoms with van der Waals surface area (Å²) in [7, 11) is 0. The van der Waals surface area contributed by atoms with Crippen LogP contribution in [0.1, 0.15) is 23.1 Å². The van der Waals surface area contributed by atoms with Crippen molar-refractivity contribution in [2.75, 3.05) is 37.7 Å². The van der Waals surface area contributed by atoms with Crippen molar-refractivity contribution < 1.29 is 4.79 Å². The monoisotopic (exact) mass is 381 g/mol. The van der Waals surface area contributed by atoms with E-state index in [1.165, 1.54) is 5.56 Å². The van der Waals surface area contributed by atoms with Gasteiger partial charge >= 0.3 is 0 Å². The summed E-state index contributed by atoms with van der Waals surface area (Å²) in [4.78, 5) is 17.9. The minimum atomic E-state index is -0.200. The molecule has 2 aliphatic rings. The predicted octanol–water partition coefficient (Wildman–Crippen LogP) is 2.73. The second-order valence-corrected chi connectivity index (χ2v) is 8.61. The molecule has 3 atom stereocenters. The highest BCUT2D eigenvalue weighted by molar-refractivity contribution is 7.99. The van der Waals surface area contributed by atoms with Crippen LogP contribution in [0.15, 0.2) is 60.7 Å². The Morgan fingerprint density at radius 1 is 0.963 bits per heavy atom. The lowest BCUT2D eigenvalue weighted by Gasteiger charge is -2.35. The Morgan fingerprint density at radius 2 is 1.59 bits per heavy atom. The Hall–Kier alpha value is -1.82. The molecule has 2 heterocycles. The van der Waals surface area contributed by atoms with Crippen LogP contribution in [0, 0.1) is 0 Å². The van der Waals surface area contributed by atoms with Gasteiger partial charge in [-0.3, -0.25) is 9.69 Å². The van der Waals surface area contributed by atoms with Crippen LogP contribution in [0.2, 0.25) is 0 Å². The molecule has 1 unspecified atom stereocenters. The molecule has 4 rings (SSSR count). The van der Waals surface area contributed by atoms with Gasteiger partial charge < -0.3 is 10.6 Å². The highest BCUT2D eigenvalue weighted by atomic mass is 32.2. The maximum atomic E-state index is 13.6. The highest BCUT2D eigenvalue weighted by Gasteiger charge is 2.39. The van der Waals surface area contributed by atoms with Gasteiger partial charge in [-0.05, 0) is 11.1 Å². The molecular formula is C22H27N3OS. The van der Waals surface area contributed by atoms with E-state index in [0.717, 1.165) is 30.2 Å². The van der Waals surface area contributed by atoms with Gasteiger partial charge in [0.1, 0.15) is 6.04 Å². The third kappa shape index (κ3) is 4.05. The van der Waals surface area contributed by atoms with E-state index in [0.29, 0.717) is 13.1 Å². The van der Waals surface area contributed by atoms with Crippen molar-refractivity contribution in [1.29, 1.82) is 0 Å². The zero-order valence-corrected chi connectivity index (χ0v) is 16.4. The van der Waals surface area contributed by atoms with Gasteiger partial charge in [0.2, 0.25) is 5.91 Å². The highest BCUT2D eigenvalue weighted by Crippen LogP contribution is 2.31. The van der Waals surface area contributed by atoms with E-state index in [1.54, 1.807) is 0 Å². The van der Waals surface area contributed by atoms with Crippen molar-refractivity contribution in [3.63, 3.8) is 0 Å².